The monoisotopic (exact) mass is 570 g/mol. The van der Waals surface area contributed by atoms with E-state index in [0.29, 0.717) is 43.0 Å². The van der Waals surface area contributed by atoms with Gasteiger partial charge in [-0.15, -0.1) is 0 Å². The van der Waals surface area contributed by atoms with E-state index >= 15 is 4.39 Å². The Balaban J connectivity index is 1.41. The molecule has 9 nitrogen and oxygen atoms in total. The van der Waals surface area contributed by atoms with Crippen LogP contribution in [0, 0.1) is 5.92 Å². The number of halogens is 1. The average Bonchev–Trinajstić information content (AvgIpc) is 2.91. The Labute approximate surface area is 235 Å². The van der Waals surface area contributed by atoms with Crippen molar-refractivity contribution in [3.05, 3.63) is 42.2 Å². The Morgan fingerprint density at radius 1 is 1.20 bits per heavy atom. The van der Waals surface area contributed by atoms with Crippen LogP contribution >= 0.6 is 0 Å². The quantitative estimate of drug-likeness (QED) is 0.406. The molecule has 2 fully saturated rings. The van der Waals surface area contributed by atoms with Gasteiger partial charge in [-0.2, -0.15) is 4.98 Å². The second-order valence-electron chi connectivity index (χ2n) is 11.7. The zero-order valence-corrected chi connectivity index (χ0v) is 24.6. The van der Waals surface area contributed by atoms with E-state index in [2.05, 4.69) is 53.1 Å². The number of rotatable bonds is 8. The second-order valence-corrected chi connectivity index (χ2v) is 13.9. The smallest absolute Gasteiger partial charge is 0.227 e. The number of anilines is 4. The third kappa shape index (κ3) is 5.58. The summed E-state index contributed by atoms with van der Waals surface area (Å²) in [5, 5.41) is 15.5. The van der Waals surface area contributed by atoms with Gasteiger partial charge in [0.2, 0.25) is 5.95 Å². The van der Waals surface area contributed by atoms with Crippen LogP contribution in [0.2, 0.25) is 0 Å². The Hall–Kier alpha value is -3.05. The summed E-state index contributed by atoms with van der Waals surface area (Å²) < 4.78 is 38.8. The molecule has 11 heteroatoms. The molecular weight excluding hydrogens is 531 g/mol. The van der Waals surface area contributed by atoms with Crippen LogP contribution in [0.5, 0.6) is 0 Å². The molecule has 0 bridgehead atoms. The van der Waals surface area contributed by atoms with Crippen LogP contribution in [0.25, 0.3) is 10.8 Å². The van der Waals surface area contributed by atoms with Crippen molar-refractivity contribution in [1.82, 2.24) is 15.0 Å². The fourth-order valence-electron chi connectivity index (χ4n) is 5.91. The molecule has 2 N–H and O–H groups in total. The summed E-state index contributed by atoms with van der Waals surface area (Å²) in [6.07, 6.45) is 4.36. The lowest BCUT2D eigenvalue weighted by molar-refractivity contribution is -0.0238. The van der Waals surface area contributed by atoms with Crippen LogP contribution < -0.4 is 15.1 Å². The molecule has 2 saturated heterocycles. The van der Waals surface area contributed by atoms with Gasteiger partial charge in [-0.05, 0) is 54.8 Å². The molecule has 4 atom stereocenters. The van der Waals surface area contributed by atoms with Gasteiger partial charge in [0.1, 0.15) is 21.5 Å². The second kappa shape index (κ2) is 10.7. The minimum atomic E-state index is -3.03. The summed E-state index contributed by atoms with van der Waals surface area (Å²) >= 11 is 0. The van der Waals surface area contributed by atoms with Gasteiger partial charge >= 0.3 is 0 Å². The molecular formula is C29H39FN6O3S. The Kier molecular flexibility index (Phi) is 7.64. The minimum absolute atomic E-state index is 0.0445. The van der Waals surface area contributed by atoms with E-state index < -0.39 is 21.6 Å². The molecule has 216 valence electrons. The maximum absolute atomic E-state index is 15.2. The molecule has 1 aromatic carbocycles. The van der Waals surface area contributed by atoms with Crippen molar-refractivity contribution in [2.24, 2.45) is 5.92 Å². The first-order valence-electron chi connectivity index (χ1n) is 14.0. The predicted octanol–water partition coefficient (Wildman–Crippen LogP) is 4.45. The Morgan fingerprint density at radius 2 is 1.98 bits per heavy atom. The van der Waals surface area contributed by atoms with Gasteiger partial charge in [0.15, 0.2) is 5.67 Å². The lowest BCUT2D eigenvalue weighted by Crippen LogP contribution is -2.57. The lowest BCUT2D eigenvalue weighted by Gasteiger charge is -2.48. The number of aromatic nitrogens is 3. The SMILES string of the molecule is CC[C@@]1(F)CN(c2nccc(Nc3cc4c(C(C)C)ccc(N5C[C@H](CS(C)(=O)=O)[C@H]5C)c4cn3)n2)CC[C@@H]1O. The fourth-order valence-corrected chi connectivity index (χ4v) is 7.08. The van der Waals surface area contributed by atoms with E-state index in [0.717, 1.165) is 16.5 Å². The summed E-state index contributed by atoms with van der Waals surface area (Å²) in [5.74, 6) is 2.19. The molecule has 0 unspecified atom stereocenters. The van der Waals surface area contributed by atoms with Crippen molar-refractivity contribution in [2.45, 2.75) is 64.3 Å². The summed E-state index contributed by atoms with van der Waals surface area (Å²) in [7, 11) is -3.03. The molecule has 0 spiro atoms. The summed E-state index contributed by atoms with van der Waals surface area (Å²) in [5.41, 5.74) is 0.561. The Morgan fingerprint density at radius 3 is 2.65 bits per heavy atom. The van der Waals surface area contributed by atoms with Crippen molar-refractivity contribution >= 4 is 43.9 Å². The largest absolute Gasteiger partial charge is 0.390 e. The van der Waals surface area contributed by atoms with Gasteiger partial charge in [0, 0.05) is 54.8 Å². The molecule has 2 aliphatic rings. The molecule has 0 aliphatic carbocycles. The lowest BCUT2D eigenvalue weighted by atomic mass is 9.88. The van der Waals surface area contributed by atoms with Crippen molar-refractivity contribution in [3.8, 4) is 0 Å². The zero-order chi connectivity index (χ0) is 28.8. The van der Waals surface area contributed by atoms with Crippen LogP contribution in [0.1, 0.15) is 52.0 Å². The van der Waals surface area contributed by atoms with Crippen LogP contribution in [0.15, 0.2) is 36.7 Å². The third-order valence-corrected chi connectivity index (χ3v) is 9.49. The van der Waals surface area contributed by atoms with Crippen LogP contribution in [-0.4, -0.2) is 77.9 Å². The molecule has 2 aliphatic heterocycles. The van der Waals surface area contributed by atoms with Crippen molar-refractivity contribution in [3.63, 3.8) is 0 Å². The molecule has 0 amide bonds. The van der Waals surface area contributed by atoms with Gasteiger partial charge in [-0.3, -0.25) is 0 Å². The number of pyridine rings is 1. The highest BCUT2D eigenvalue weighted by Crippen LogP contribution is 2.39. The van der Waals surface area contributed by atoms with Crippen molar-refractivity contribution in [1.29, 1.82) is 0 Å². The molecule has 5 rings (SSSR count). The van der Waals surface area contributed by atoms with E-state index in [4.69, 9.17) is 4.98 Å². The number of fused-ring (bicyclic) bond motifs is 1. The van der Waals surface area contributed by atoms with Gasteiger partial charge in [-0.1, -0.05) is 26.8 Å². The average molecular weight is 571 g/mol. The van der Waals surface area contributed by atoms with Gasteiger partial charge in [-0.25, -0.2) is 22.8 Å². The van der Waals surface area contributed by atoms with E-state index in [-0.39, 0.29) is 30.7 Å². The first-order chi connectivity index (χ1) is 18.9. The number of hydrogen-bond donors (Lipinski definition) is 2. The Bertz CT molecular complexity index is 1500. The molecule has 0 saturated carbocycles. The summed E-state index contributed by atoms with van der Waals surface area (Å²) in [6, 6.07) is 8.15. The molecule has 0 radical (unpaired) electrons. The third-order valence-electron chi connectivity index (χ3n) is 8.46. The van der Waals surface area contributed by atoms with Crippen molar-refractivity contribution < 1.29 is 17.9 Å². The number of aliphatic hydroxyl groups is 1. The topological polar surface area (TPSA) is 112 Å². The number of sulfone groups is 1. The predicted molar refractivity (Wildman–Crippen MR) is 158 cm³/mol. The fraction of sp³-hybridized carbons (Fsp3) is 0.552. The minimum Gasteiger partial charge on any atom is -0.390 e. The maximum atomic E-state index is 15.2. The number of nitrogens with one attached hydrogen (secondary N) is 1. The molecule has 40 heavy (non-hydrogen) atoms. The van der Waals surface area contributed by atoms with Crippen LogP contribution in [0.3, 0.4) is 0 Å². The van der Waals surface area contributed by atoms with Crippen LogP contribution in [0.4, 0.5) is 27.7 Å². The van der Waals surface area contributed by atoms with Gasteiger partial charge < -0.3 is 20.2 Å². The zero-order valence-electron chi connectivity index (χ0n) is 23.8. The molecule has 2 aromatic heterocycles. The number of aliphatic hydroxyl groups excluding tert-OH is 1. The number of piperidine rings is 1. The summed E-state index contributed by atoms with van der Waals surface area (Å²) in [4.78, 5) is 17.7. The van der Waals surface area contributed by atoms with Crippen molar-refractivity contribution in [2.75, 3.05) is 46.8 Å². The van der Waals surface area contributed by atoms with E-state index in [9.17, 15) is 13.5 Å². The molecule has 4 heterocycles. The van der Waals surface area contributed by atoms with E-state index in [1.165, 1.54) is 11.8 Å². The number of benzene rings is 1. The van der Waals surface area contributed by atoms with E-state index in [1.807, 2.05) is 12.3 Å². The normalized spacial score (nSPS) is 25.4. The number of hydrogen-bond acceptors (Lipinski definition) is 9. The number of nitrogens with zero attached hydrogens (tertiary/aromatic N) is 5. The summed E-state index contributed by atoms with van der Waals surface area (Å²) in [6.45, 7) is 9.35. The van der Waals surface area contributed by atoms with Gasteiger partial charge in [0.05, 0.1) is 18.4 Å². The highest BCUT2D eigenvalue weighted by molar-refractivity contribution is 7.90. The molecule has 3 aromatic rings. The standard InChI is InChI=1S/C29H39FN6O3S/c1-6-29(30)17-35(12-10-25(29)37)28-31-11-9-26(34-28)33-27-13-22-21(18(2)3)7-8-24(23(22)14-32-27)36-15-20(19(36)4)16-40(5,38)39/h7-9,11,13-14,18-20,25,37H,6,10,12,15-17H2,1-5H3,(H,31,32,33,34)/t19-,20-,25+,29-/m1/s1. The highest BCUT2D eigenvalue weighted by Gasteiger charge is 2.42. The van der Waals surface area contributed by atoms with Gasteiger partial charge in [0.25, 0.3) is 0 Å². The maximum Gasteiger partial charge on any atom is 0.227 e. The first-order valence-corrected chi connectivity index (χ1v) is 16.0. The highest BCUT2D eigenvalue weighted by atomic mass is 32.2. The van der Waals surface area contributed by atoms with Crippen LogP contribution in [-0.2, 0) is 9.84 Å². The number of alkyl halides is 1. The van der Waals surface area contributed by atoms with E-state index in [1.54, 1.807) is 24.1 Å². The first kappa shape index (κ1) is 28.5.